The Bertz CT molecular complexity index is 631. The number of primary amides is 1. The molecule has 100 valence electrons. The van der Waals surface area contributed by atoms with Gasteiger partial charge < -0.3 is 10.5 Å². The second-order valence-electron chi connectivity index (χ2n) is 4.05. The fraction of sp³-hybridized carbons (Fsp3) is 0. The molecule has 0 radical (unpaired) electrons. The summed E-state index contributed by atoms with van der Waals surface area (Å²) < 4.78 is 5.09. The van der Waals surface area contributed by atoms with Crippen LogP contribution in [0.1, 0.15) is 15.9 Å². The third kappa shape index (κ3) is 3.81. The number of hydrogen-bond donors (Lipinski definition) is 1. The van der Waals surface area contributed by atoms with Gasteiger partial charge in [0.25, 0.3) is 0 Å². The van der Waals surface area contributed by atoms with Crippen LogP contribution in [0.3, 0.4) is 0 Å². The quantitative estimate of drug-likeness (QED) is 0.525. The van der Waals surface area contributed by atoms with Crippen molar-refractivity contribution in [2.45, 2.75) is 0 Å². The van der Waals surface area contributed by atoms with Crippen molar-refractivity contribution in [3.05, 3.63) is 71.8 Å². The number of rotatable bonds is 4. The van der Waals surface area contributed by atoms with Gasteiger partial charge in [0.15, 0.2) is 0 Å². The molecule has 20 heavy (non-hydrogen) atoms. The molecule has 2 N–H and O–H groups in total. The van der Waals surface area contributed by atoms with Crippen LogP contribution in [0, 0.1) is 0 Å². The Kier molecular flexibility index (Phi) is 4.29. The molecule has 0 aliphatic rings. The molecule has 0 unspecified atom stereocenters. The molecule has 0 spiro atoms. The fourth-order valence-electron chi connectivity index (χ4n) is 1.57. The van der Waals surface area contributed by atoms with E-state index in [0.717, 1.165) is 5.56 Å². The third-order valence-electron chi connectivity index (χ3n) is 2.57. The van der Waals surface area contributed by atoms with Gasteiger partial charge in [0.1, 0.15) is 5.75 Å². The first-order valence-corrected chi connectivity index (χ1v) is 6.00. The monoisotopic (exact) mass is 267 g/mol. The predicted octanol–water partition coefficient (Wildman–Crippen LogP) is 2.40. The number of benzene rings is 2. The number of carbonyl (C=O) groups is 2. The van der Waals surface area contributed by atoms with Gasteiger partial charge in [0, 0.05) is 11.6 Å². The van der Waals surface area contributed by atoms with Gasteiger partial charge in [-0.25, -0.2) is 4.79 Å². The van der Waals surface area contributed by atoms with E-state index in [1.807, 2.05) is 30.3 Å². The molecular formula is C16H13NO3. The van der Waals surface area contributed by atoms with Crippen molar-refractivity contribution in [3.63, 3.8) is 0 Å². The summed E-state index contributed by atoms with van der Waals surface area (Å²) >= 11 is 0. The first kappa shape index (κ1) is 13.5. The summed E-state index contributed by atoms with van der Waals surface area (Å²) in [5.74, 6) is -0.648. The van der Waals surface area contributed by atoms with E-state index in [2.05, 4.69) is 0 Å². The van der Waals surface area contributed by atoms with Crippen LogP contribution in [-0.4, -0.2) is 11.9 Å². The topological polar surface area (TPSA) is 69.4 Å². The Morgan fingerprint density at radius 2 is 1.60 bits per heavy atom. The van der Waals surface area contributed by atoms with Gasteiger partial charge in [0.2, 0.25) is 5.91 Å². The van der Waals surface area contributed by atoms with Crippen LogP contribution in [0.15, 0.2) is 60.7 Å². The molecule has 0 atom stereocenters. The summed E-state index contributed by atoms with van der Waals surface area (Å²) in [6, 6.07) is 15.5. The van der Waals surface area contributed by atoms with E-state index in [0.29, 0.717) is 11.3 Å². The molecule has 4 nitrogen and oxygen atoms in total. The van der Waals surface area contributed by atoms with E-state index in [1.165, 1.54) is 30.3 Å². The van der Waals surface area contributed by atoms with Crippen molar-refractivity contribution in [1.82, 2.24) is 0 Å². The SMILES string of the molecule is NC(=O)c1ccc(OC(=O)/C=C/c2ccccc2)cc1. The Balaban J connectivity index is 1.98. The molecule has 0 fully saturated rings. The van der Waals surface area contributed by atoms with E-state index in [4.69, 9.17) is 10.5 Å². The minimum atomic E-state index is -0.521. The molecule has 0 aliphatic heterocycles. The molecule has 1 amide bonds. The summed E-state index contributed by atoms with van der Waals surface area (Å²) in [5, 5.41) is 0. The molecule has 0 saturated carbocycles. The Hall–Kier alpha value is -2.88. The highest BCUT2D eigenvalue weighted by atomic mass is 16.5. The number of hydrogen-bond acceptors (Lipinski definition) is 3. The zero-order valence-electron chi connectivity index (χ0n) is 10.7. The number of esters is 1. The number of amides is 1. The molecule has 0 saturated heterocycles. The van der Waals surface area contributed by atoms with Gasteiger partial charge >= 0.3 is 5.97 Å². The molecule has 0 aliphatic carbocycles. The highest BCUT2D eigenvalue weighted by Gasteiger charge is 2.03. The lowest BCUT2D eigenvalue weighted by atomic mass is 10.2. The molecular weight excluding hydrogens is 254 g/mol. The van der Waals surface area contributed by atoms with E-state index in [1.54, 1.807) is 6.08 Å². The predicted molar refractivity (Wildman–Crippen MR) is 76.1 cm³/mol. The molecule has 2 aromatic rings. The lowest BCUT2D eigenvalue weighted by Gasteiger charge is -2.01. The zero-order chi connectivity index (χ0) is 14.4. The van der Waals surface area contributed by atoms with E-state index >= 15 is 0 Å². The Labute approximate surface area is 116 Å². The van der Waals surface area contributed by atoms with Crippen LogP contribution >= 0.6 is 0 Å². The van der Waals surface area contributed by atoms with Crippen LogP contribution in [-0.2, 0) is 4.79 Å². The maximum absolute atomic E-state index is 11.6. The highest BCUT2D eigenvalue weighted by Crippen LogP contribution is 2.12. The molecule has 0 bridgehead atoms. The van der Waals surface area contributed by atoms with E-state index < -0.39 is 11.9 Å². The second kappa shape index (κ2) is 6.33. The van der Waals surface area contributed by atoms with Crippen LogP contribution in [0.25, 0.3) is 6.08 Å². The number of carbonyl (C=O) groups excluding carboxylic acids is 2. The average Bonchev–Trinajstić information content (AvgIpc) is 2.47. The summed E-state index contributed by atoms with van der Waals surface area (Å²) in [4.78, 5) is 22.5. The lowest BCUT2D eigenvalue weighted by molar-refractivity contribution is -0.128. The van der Waals surface area contributed by atoms with Gasteiger partial charge in [-0.2, -0.15) is 0 Å². The van der Waals surface area contributed by atoms with Crippen molar-refractivity contribution >= 4 is 18.0 Å². The first-order chi connectivity index (χ1) is 9.65. The normalized spacial score (nSPS) is 10.4. The minimum absolute atomic E-state index is 0.359. The molecule has 4 heteroatoms. The van der Waals surface area contributed by atoms with Gasteiger partial charge in [-0.15, -0.1) is 0 Å². The van der Waals surface area contributed by atoms with Gasteiger partial charge in [-0.3, -0.25) is 4.79 Å². The Morgan fingerprint density at radius 3 is 2.20 bits per heavy atom. The molecule has 2 aromatic carbocycles. The molecule has 0 heterocycles. The van der Waals surface area contributed by atoms with Gasteiger partial charge in [-0.1, -0.05) is 30.3 Å². The summed E-state index contributed by atoms with van der Waals surface area (Å²) in [6.45, 7) is 0. The lowest BCUT2D eigenvalue weighted by Crippen LogP contribution is -2.10. The zero-order valence-corrected chi connectivity index (χ0v) is 10.7. The largest absolute Gasteiger partial charge is 0.423 e. The summed E-state index contributed by atoms with van der Waals surface area (Å²) in [7, 11) is 0. The maximum atomic E-state index is 11.6. The standard InChI is InChI=1S/C16H13NO3/c17-16(19)13-7-9-14(10-8-13)20-15(18)11-6-12-4-2-1-3-5-12/h1-11H,(H2,17,19)/b11-6+. The van der Waals surface area contributed by atoms with E-state index in [9.17, 15) is 9.59 Å². The first-order valence-electron chi connectivity index (χ1n) is 6.00. The second-order valence-corrected chi connectivity index (χ2v) is 4.05. The van der Waals surface area contributed by atoms with Crippen LogP contribution < -0.4 is 10.5 Å². The van der Waals surface area contributed by atoms with Crippen molar-refractivity contribution < 1.29 is 14.3 Å². The smallest absolute Gasteiger partial charge is 0.336 e. The number of ether oxygens (including phenoxy) is 1. The molecule has 0 aromatic heterocycles. The van der Waals surface area contributed by atoms with Crippen molar-refractivity contribution in [2.24, 2.45) is 5.73 Å². The average molecular weight is 267 g/mol. The maximum Gasteiger partial charge on any atom is 0.336 e. The summed E-state index contributed by atoms with van der Waals surface area (Å²) in [5.41, 5.74) is 6.40. The van der Waals surface area contributed by atoms with Crippen LogP contribution in [0.5, 0.6) is 5.75 Å². The van der Waals surface area contributed by atoms with Gasteiger partial charge in [-0.05, 0) is 35.9 Å². The Morgan fingerprint density at radius 1 is 0.950 bits per heavy atom. The summed E-state index contributed by atoms with van der Waals surface area (Å²) in [6.07, 6.45) is 3.01. The van der Waals surface area contributed by atoms with Crippen molar-refractivity contribution in [3.8, 4) is 5.75 Å². The number of nitrogens with two attached hydrogens (primary N) is 1. The van der Waals surface area contributed by atoms with Crippen molar-refractivity contribution in [2.75, 3.05) is 0 Å². The van der Waals surface area contributed by atoms with Crippen LogP contribution in [0.4, 0.5) is 0 Å². The highest BCUT2D eigenvalue weighted by molar-refractivity contribution is 5.93. The van der Waals surface area contributed by atoms with Crippen LogP contribution in [0.2, 0.25) is 0 Å². The molecule has 2 rings (SSSR count). The van der Waals surface area contributed by atoms with Gasteiger partial charge in [0.05, 0.1) is 0 Å². The third-order valence-corrected chi connectivity index (χ3v) is 2.57. The minimum Gasteiger partial charge on any atom is -0.423 e. The van der Waals surface area contributed by atoms with E-state index in [-0.39, 0.29) is 0 Å². The fourth-order valence-corrected chi connectivity index (χ4v) is 1.57. The van der Waals surface area contributed by atoms with Crippen molar-refractivity contribution in [1.29, 1.82) is 0 Å².